The molecule has 0 spiro atoms. The standard InChI is InChI=1S/C3H4F3.Li/c1-2-3(4,5)6;/h1-2H2;. The molecule has 0 aliphatic heterocycles. The van der Waals surface area contributed by atoms with Gasteiger partial charge in [0.15, 0.2) is 0 Å². The molecule has 7 heavy (non-hydrogen) atoms. The van der Waals surface area contributed by atoms with Gasteiger partial charge < -0.3 is 0 Å². The van der Waals surface area contributed by atoms with Crippen LogP contribution in [0.15, 0.2) is 0 Å². The van der Waals surface area contributed by atoms with Gasteiger partial charge in [0, 0.05) is 25.3 Å². The predicted molar refractivity (Wildman–Crippen MR) is 21.8 cm³/mol. The molecule has 2 radical (unpaired) electrons. The normalized spacial score (nSPS) is 10.3. The number of hydrogen-bond donors (Lipinski definition) is 0. The third-order valence-corrected chi connectivity index (χ3v) is 0.283. The van der Waals surface area contributed by atoms with Crippen molar-refractivity contribution >= 4 is 18.9 Å². The van der Waals surface area contributed by atoms with Gasteiger partial charge in [0.25, 0.3) is 0 Å². The molecule has 0 aliphatic rings. The minimum atomic E-state index is -4.07. The minimum absolute atomic E-state index is 0. The van der Waals surface area contributed by atoms with E-state index in [1.807, 2.05) is 0 Å². The number of rotatable bonds is 0. The van der Waals surface area contributed by atoms with Gasteiger partial charge in [-0.15, -0.1) is 0 Å². The van der Waals surface area contributed by atoms with Crippen LogP contribution in [0.1, 0.15) is 6.42 Å². The summed E-state index contributed by atoms with van der Waals surface area (Å²) in [6.45, 7) is 2.63. The maximum atomic E-state index is 10.7. The van der Waals surface area contributed by atoms with E-state index in [4.69, 9.17) is 0 Å². The minimum Gasteiger partial charge on any atom is -0.171 e. The van der Waals surface area contributed by atoms with Gasteiger partial charge >= 0.3 is 6.18 Å². The van der Waals surface area contributed by atoms with Crippen LogP contribution in [-0.2, 0) is 0 Å². The van der Waals surface area contributed by atoms with Crippen LogP contribution >= 0.6 is 0 Å². The number of halogens is 3. The molecule has 0 aromatic carbocycles. The molecular weight excluding hydrogens is 100.0 g/mol. The van der Waals surface area contributed by atoms with Gasteiger partial charge in [-0.25, -0.2) is 0 Å². The van der Waals surface area contributed by atoms with Crippen LogP contribution < -0.4 is 0 Å². The first-order valence-electron chi connectivity index (χ1n) is 1.42. The summed E-state index contributed by atoms with van der Waals surface area (Å²) in [6.07, 6.45) is -5.05. The van der Waals surface area contributed by atoms with Crippen molar-refractivity contribution in [2.45, 2.75) is 12.6 Å². The van der Waals surface area contributed by atoms with Gasteiger partial charge in [0.05, 0.1) is 0 Å². The van der Waals surface area contributed by atoms with E-state index in [9.17, 15) is 13.2 Å². The fourth-order valence-corrected chi connectivity index (χ4v) is 0. The van der Waals surface area contributed by atoms with E-state index in [-0.39, 0.29) is 18.9 Å². The fourth-order valence-electron chi connectivity index (χ4n) is 0. The topological polar surface area (TPSA) is 0 Å². The van der Waals surface area contributed by atoms with Gasteiger partial charge in [0.2, 0.25) is 0 Å². The van der Waals surface area contributed by atoms with Crippen LogP contribution in [0, 0.1) is 6.92 Å². The van der Waals surface area contributed by atoms with E-state index in [1.165, 1.54) is 0 Å². The van der Waals surface area contributed by atoms with Crippen molar-refractivity contribution in [3.63, 3.8) is 0 Å². The van der Waals surface area contributed by atoms with Crippen LogP contribution in [0.5, 0.6) is 0 Å². The molecule has 0 aliphatic carbocycles. The summed E-state index contributed by atoms with van der Waals surface area (Å²) < 4.78 is 32.2. The molecule has 38 valence electrons. The molecule has 0 nitrogen and oxygen atoms in total. The molecule has 0 rings (SSSR count). The second-order valence-corrected chi connectivity index (χ2v) is 0.865. The average molecular weight is 104 g/mol. The Balaban J connectivity index is 0. The average Bonchev–Trinajstić information content (AvgIpc) is 1.35. The molecule has 0 aromatic rings. The second kappa shape index (κ2) is 3.40. The van der Waals surface area contributed by atoms with Crippen molar-refractivity contribution in [2.24, 2.45) is 0 Å². The van der Waals surface area contributed by atoms with E-state index in [2.05, 4.69) is 6.92 Å². The predicted octanol–water partition coefficient (Wildman–Crippen LogP) is 1.39. The quantitative estimate of drug-likeness (QED) is 0.407. The smallest absolute Gasteiger partial charge is 0.171 e. The third-order valence-electron chi connectivity index (χ3n) is 0.283. The Kier molecular flexibility index (Phi) is 5.04. The van der Waals surface area contributed by atoms with E-state index >= 15 is 0 Å². The van der Waals surface area contributed by atoms with E-state index in [0.29, 0.717) is 0 Å². The van der Waals surface area contributed by atoms with E-state index in [1.54, 1.807) is 0 Å². The maximum absolute atomic E-state index is 10.7. The van der Waals surface area contributed by atoms with Crippen LogP contribution in [0.25, 0.3) is 0 Å². The molecule has 0 amide bonds. The van der Waals surface area contributed by atoms with Crippen LogP contribution in [0.3, 0.4) is 0 Å². The first-order chi connectivity index (χ1) is 2.56. The van der Waals surface area contributed by atoms with Crippen molar-refractivity contribution in [1.82, 2.24) is 0 Å². The van der Waals surface area contributed by atoms with Crippen LogP contribution in [-0.4, -0.2) is 25.0 Å². The molecule has 0 fully saturated rings. The van der Waals surface area contributed by atoms with Gasteiger partial charge in [0.1, 0.15) is 0 Å². The zero-order valence-corrected chi connectivity index (χ0v) is 4.05. The van der Waals surface area contributed by atoms with Crippen molar-refractivity contribution in [3.05, 3.63) is 6.92 Å². The van der Waals surface area contributed by atoms with Gasteiger partial charge in [-0.1, -0.05) is 0 Å². The van der Waals surface area contributed by atoms with E-state index < -0.39 is 12.6 Å². The summed E-state index contributed by atoms with van der Waals surface area (Å²) in [5.74, 6) is 0. The SMILES string of the molecule is [CH2]CC(F)(F)F.[Li]. The number of hydrogen-bond acceptors (Lipinski definition) is 0. The largest absolute Gasteiger partial charge is 0.389 e. The second-order valence-electron chi connectivity index (χ2n) is 0.865. The maximum Gasteiger partial charge on any atom is 0.389 e. The molecule has 0 saturated heterocycles. The molecule has 0 bridgehead atoms. The number of alkyl halides is 3. The van der Waals surface area contributed by atoms with Gasteiger partial charge in [-0.05, 0) is 6.92 Å². The molecule has 4 heteroatoms. The Morgan fingerprint density at radius 3 is 1.43 bits per heavy atom. The Bertz CT molecular complexity index is 39.9. The fraction of sp³-hybridized carbons (Fsp3) is 0.667. The van der Waals surface area contributed by atoms with Crippen molar-refractivity contribution in [3.8, 4) is 0 Å². The van der Waals surface area contributed by atoms with Crippen molar-refractivity contribution in [1.29, 1.82) is 0 Å². The third kappa shape index (κ3) is 10.7. The summed E-state index contributed by atoms with van der Waals surface area (Å²) in [5.41, 5.74) is 0. The summed E-state index contributed by atoms with van der Waals surface area (Å²) in [6, 6.07) is 0. The monoisotopic (exact) mass is 104 g/mol. The molecule has 0 N–H and O–H groups in total. The summed E-state index contributed by atoms with van der Waals surface area (Å²) in [5, 5.41) is 0. The Labute approximate surface area is 52.3 Å². The van der Waals surface area contributed by atoms with Crippen molar-refractivity contribution < 1.29 is 13.2 Å². The Morgan fingerprint density at radius 2 is 1.43 bits per heavy atom. The zero-order valence-electron chi connectivity index (χ0n) is 4.05. The van der Waals surface area contributed by atoms with Gasteiger partial charge in [-0.3, -0.25) is 0 Å². The molecular formula is C3H4F3Li. The first kappa shape index (κ1) is 10.4. The van der Waals surface area contributed by atoms with E-state index in [0.717, 1.165) is 0 Å². The molecule has 0 aromatic heterocycles. The van der Waals surface area contributed by atoms with Gasteiger partial charge in [-0.2, -0.15) is 13.2 Å². The summed E-state index contributed by atoms with van der Waals surface area (Å²) in [7, 11) is 0. The Hall–Kier alpha value is 0.387. The molecule has 0 saturated carbocycles. The van der Waals surface area contributed by atoms with Crippen LogP contribution in [0.4, 0.5) is 13.2 Å². The van der Waals surface area contributed by atoms with Crippen LogP contribution in [0.2, 0.25) is 0 Å². The zero-order chi connectivity index (χ0) is 5.21. The summed E-state index contributed by atoms with van der Waals surface area (Å²) >= 11 is 0. The molecule has 0 unspecified atom stereocenters. The van der Waals surface area contributed by atoms with Crippen molar-refractivity contribution in [2.75, 3.05) is 0 Å². The Morgan fingerprint density at radius 1 is 1.29 bits per heavy atom. The first-order valence-corrected chi connectivity index (χ1v) is 1.42. The molecule has 0 heterocycles. The molecule has 0 atom stereocenters. The summed E-state index contributed by atoms with van der Waals surface area (Å²) in [4.78, 5) is 0.